The number of hydrogen-bond donors (Lipinski definition) is 0. The molecule has 1 saturated carbocycles. The average molecular weight is 391 g/mol. The number of nitrogens with zero attached hydrogens (tertiary/aromatic N) is 2. The molecule has 2 aromatic rings. The maximum absolute atomic E-state index is 13.3. The van der Waals surface area contributed by atoms with Crippen molar-refractivity contribution < 1.29 is 13.9 Å². The van der Waals surface area contributed by atoms with Gasteiger partial charge in [0.05, 0.1) is 29.2 Å². The molecule has 0 bridgehead atoms. The van der Waals surface area contributed by atoms with Gasteiger partial charge in [0.15, 0.2) is 5.13 Å². The molecule has 2 fully saturated rings. The number of rotatable bonds is 6. The summed E-state index contributed by atoms with van der Waals surface area (Å²) < 4.78 is 19.9. The summed E-state index contributed by atoms with van der Waals surface area (Å²) in [6.45, 7) is 3.59. The second kappa shape index (κ2) is 8.13. The quantitative estimate of drug-likeness (QED) is 0.639. The van der Waals surface area contributed by atoms with Crippen LogP contribution in [0.2, 0.25) is 0 Å². The van der Waals surface area contributed by atoms with Crippen molar-refractivity contribution in [3.05, 3.63) is 24.0 Å². The predicted molar refractivity (Wildman–Crippen MR) is 107 cm³/mol. The van der Waals surface area contributed by atoms with Crippen molar-refractivity contribution in [2.75, 3.05) is 18.0 Å². The number of carbonyl (C=O) groups excluding carboxylic acids is 1. The first-order chi connectivity index (χ1) is 13.1. The van der Waals surface area contributed by atoms with Gasteiger partial charge in [0.2, 0.25) is 0 Å². The first-order valence-electron chi connectivity index (χ1n) is 10.1. The van der Waals surface area contributed by atoms with Crippen LogP contribution in [-0.2, 0) is 9.53 Å². The lowest BCUT2D eigenvalue weighted by atomic mass is 9.80. The molecule has 0 amide bonds. The summed E-state index contributed by atoms with van der Waals surface area (Å²) in [5, 5.41) is 0.874. The summed E-state index contributed by atoms with van der Waals surface area (Å²) in [5.74, 6) is 0.636. The largest absolute Gasteiger partial charge is 0.458 e. The van der Waals surface area contributed by atoms with Crippen molar-refractivity contribution in [1.29, 1.82) is 0 Å². The first kappa shape index (κ1) is 18.7. The molecule has 4 rings (SSSR count). The summed E-state index contributed by atoms with van der Waals surface area (Å²) in [4.78, 5) is 19.1. The molecule has 1 saturated heterocycles. The van der Waals surface area contributed by atoms with E-state index in [2.05, 4.69) is 16.8 Å². The van der Waals surface area contributed by atoms with Crippen molar-refractivity contribution in [3.8, 4) is 0 Å². The Kier molecular flexibility index (Phi) is 5.62. The third-order valence-corrected chi connectivity index (χ3v) is 6.97. The Bertz CT molecular complexity index is 795. The Morgan fingerprint density at radius 2 is 2.07 bits per heavy atom. The molecule has 6 heteroatoms. The van der Waals surface area contributed by atoms with Gasteiger partial charge in [-0.1, -0.05) is 37.5 Å². The van der Waals surface area contributed by atoms with Gasteiger partial charge in [-0.25, -0.2) is 9.37 Å². The van der Waals surface area contributed by atoms with Gasteiger partial charge in [0.25, 0.3) is 0 Å². The maximum atomic E-state index is 13.3. The second-order valence-electron chi connectivity index (χ2n) is 7.93. The molecule has 1 aliphatic heterocycles. The molecule has 0 unspecified atom stereocenters. The monoisotopic (exact) mass is 390 g/mol. The molecule has 27 heavy (non-hydrogen) atoms. The number of thiazole rings is 1. The van der Waals surface area contributed by atoms with Gasteiger partial charge in [0, 0.05) is 0 Å². The predicted octanol–water partition coefficient (Wildman–Crippen LogP) is 5.16. The van der Waals surface area contributed by atoms with E-state index in [1.807, 2.05) is 0 Å². The number of aromatic nitrogens is 1. The fourth-order valence-corrected chi connectivity index (χ4v) is 5.14. The van der Waals surface area contributed by atoms with Crippen LogP contribution in [0.1, 0.15) is 51.9 Å². The summed E-state index contributed by atoms with van der Waals surface area (Å²) in [7, 11) is 0. The topological polar surface area (TPSA) is 42.4 Å². The van der Waals surface area contributed by atoms with E-state index in [9.17, 15) is 9.18 Å². The zero-order valence-corrected chi connectivity index (χ0v) is 16.6. The number of unbranched alkanes of at least 4 members (excludes halogenated alkanes) is 1. The number of ether oxygens (including phenoxy) is 1. The van der Waals surface area contributed by atoms with Crippen LogP contribution in [0.25, 0.3) is 10.2 Å². The molecule has 146 valence electrons. The summed E-state index contributed by atoms with van der Waals surface area (Å²) >= 11 is 1.49. The van der Waals surface area contributed by atoms with Crippen molar-refractivity contribution in [1.82, 2.24) is 4.98 Å². The van der Waals surface area contributed by atoms with Gasteiger partial charge in [0.1, 0.15) is 11.9 Å². The van der Waals surface area contributed by atoms with E-state index in [4.69, 9.17) is 4.74 Å². The zero-order valence-electron chi connectivity index (χ0n) is 15.8. The molecule has 0 radical (unpaired) electrons. The van der Waals surface area contributed by atoms with Gasteiger partial charge in [-0.05, 0) is 49.8 Å². The van der Waals surface area contributed by atoms with E-state index in [1.54, 1.807) is 6.07 Å². The highest BCUT2D eigenvalue weighted by atomic mass is 32.1. The number of hydrogen-bond acceptors (Lipinski definition) is 5. The lowest BCUT2D eigenvalue weighted by Crippen LogP contribution is -2.53. The van der Waals surface area contributed by atoms with E-state index in [-0.39, 0.29) is 23.8 Å². The molecule has 0 atom stereocenters. The molecule has 2 aliphatic rings. The normalized spacial score (nSPS) is 23.4. The maximum Gasteiger partial charge on any atom is 0.309 e. The Morgan fingerprint density at radius 3 is 2.81 bits per heavy atom. The summed E-state index contributed by atoms with van der Waals surface area (Å²) in [6, 6.07) is 4.66. The minimum absolute atomic E-state index is 0.0139. The van der Waals surface area contributed by atoms with E-state index < -0.39 is 0 Å². The van der Waals surface area contributed by atoms with Crippen molar-refractivity contribution in [2.24, 2.45) is 11.8 Å². The highest BCUT2D eigenvalue weighted by Gasteiger charge is 2.35. The number of anilines is 1. The Labute approximate surface area is 163 Å². The van der Waals surface area contributed by atoms with Crippen LogP contribution < -0.4 is 4.90 Å². The Balaban J connectivity index is 1.23. The van der Waals surface area contributed by atoms with Crippen molar-refractivity contribution in [3.63, 3.8) is 0 Å². The van der Waals surface area contributed by atoms with Crippen LogP contribution >= 0.6 is 11.3 Å². The smallest absolute Gasteiger partial charge is 0.309 e. The molecule has 1 aromatic carbocycles. The van der Waals surface area contributed by atoms with E-state index in [0.717, 1.165) is 34.1 Å². The van der Waals surface area contributed by atoms with Gasteiger partial charge in [-0.2, -0.15) is 0 Å². The van der Waals surface area contributed by atoms with Crippen molar-refractivity contribution in [2.45, 2.75) is 58.0 Å². The van der Waals surface area contributed by atoms with Crippen LogP contribution in [0, 0.1) is 17.7 Å². The van der Waals surface area contributed by atoms with E-state index in [0.29, 0.717) is 13.1 Å². The fraction of sp³-hybridized carbons (Fsp3) is 0.619. The second-order valence-corrected chi connectivity index (χ2v) is 8.94. The van der Waals surface area contributed by atoms with E-state index in [1.165, 1.54) is 55.6 Å². The average Bonchev–Trinajstić information content (AvgIpc) is 3.05. The van der Waals surface area contributed by atoms with Crippen LogP contribution in [0.3, 0.4) is 0 Å². The Hall–Kier alpha value is -1.69. The standard InChI is InChI=1S/C21H27FN2O2S/c1-2-3-4-14-5-7-15(8-6-14)20(25)26-17-12-24(13-17)21-23-18-10-9-16(22)11-19(18)27-21/h9-11,14-15,17H,2-8,12-13H2,1H3. The van der Waals surface area contributed by atoms with Gasteiger partial charge in [-0.15, -0.1) is 0 Å². The highest BCUT2D eigenvalue weighted by molar-refractivity contribution is 7.22. The lowest BCUT2D eigenvalue weighted by Gasteiger charge is -2.39. The first-order valence-corrected chi connectivity index (χ1v) is 11.0. The van der Waals surface area contributed by atoms with E-state index >= 15 is 0 Å². The van der Waals surface area contributed by atoms with Crippen LogP contribution in [0.4, 0.5) is 9.52 Å². The van der Waals surface area contributed by atoms with Crippen molar-refractivity contribution >= 4 is 32.7 Å². The third kappa shape index (κ3) is 4.26. The van der Waals surface area contributed by atoms with Gasteiger partial charge >= 0.3 is 5.97 Å². The fourth-order valence-electron chi connectivity index (χ4n) is 4.13. The molecule has 4 nitrogen and oxygen atoms in total. The number of carbonyl (C=O) groups is 1. The summed E-state index contributed by atoms with van der Waals surface area (Å²) in [6.07, 6.45) is 8.11. The molecular weight excluding hydrogens is 363 g/mol. The van der Waals surface area contributed by atoms with Crippen LogP contribution in [0.15, 0.2) is 18.2 Å². The molecule has 2 heterocycles. The Morgan fingerprint density at radius 1 is 1.30 bits per heavy atom. The molecule has 1 aromatic heterocycles. The zero-order chi connectivity index (χ0) is 18.8. The van der Waals surface area contributed by atoms with Crippen LogP contribution in [0.5, 0.6) is 0 Å². The van der Waals surface area contributed by atoms with Gasteiger partial charge in [-0.3, -0.25) is 4.79 Å². The minimum atomic E-state index is -0.238. The van der Waals surface area contributed by atoms with Crippen LogP contribution in [-0.4, -0.2) is 30.1 Å². The number of fused-ring (bicyclic) bond motifs is 1. The third-order valence-electron chi connectivity index (χ3n) is 5.89. The molecular formula is C21H27FN2O2S. The summed E-state index contributed by atoms with van der Waals surface area (Å²) in [5.41, 5.74) is 0.816. The minimum Gasteiger partial charge on any atom is -0.458 e. The molecule has 0 spiro atoms. The lowest BCUT2D eigenvalue weighted by molar-refractivity contribution is -0.156. The highest BCUT2D eigenvalue weighted by Crippen LogP contribution is 2.35. The number of benzene rings is 1. The number of halogens is 1. The SMILES string of the molecule is CCCCC1CCC(C(=O)OC2CN(c3nc4ccc(F)cc4s3)C2)CC1. The van der Waals surface area contributed by atoms with Gasteiger partial charge < -0.3 is 9.64 Å². The molecule has 0 N–H and O–H groups in total. The number of esters is 1. The molecule has 1 aliphatic carbocycles.